The smallest absolute Gasteiger partial charge is 0.320 e. The number of carbonyl (C=O) groups is 1. The third-order valence-electron chi connectivity index (χ3n) is 1.44. The van der Waals surface area contributed by atoms with Crippen molar-refractivity contribution in [2.45, 2.75) is 13.0 Å². The zero-order chi connectivity index (χ0) is 9.84. The van der Waals surface area contributed by atoms with Crippen molar-refractivity contribution >= 4 is 22.5 Å². The van der Waals surface area contributed by atoms with E-state index in [-0.39, 0.29) is 12.1 Å². The first-order chi connectivity index (χ1) is 6.13. The van der Waals surface area contributed by atoms with Gasteiger partial charge in [-0.1, -0.05) is 0 Å². The number of urea groups is 1. The van der Waals surface area contributed by atoms with Gasteiger partial charge in [0, 0.05) is 18.5 Å². The van der Waals surface area contributed by atoms with Gasteiger partial charge in [0.2, 0.25) is 0 Å². The average molecular weight is 200 g/mol. The van der Waals surface area contributed by atoms with Gasteiger partial charge in [-0.2, -0.15) is 0 Å². The van der Waals surface area contributed by atoms with Gasteiger partial charge in [-0.05, 0) is 6.92 Å². The normalized spacial score (nSPS) is 12.2. The summed E-state index contributed by atoms with van der Waals surface area (Å²) in [6.07, 6.45) is 0. The highest BCUT2D eigenvalue weighted by Gasteiger charge is 2.06. The van der Waals surface area contributed by atoms with Crippen LogP contribution in [0.3, 0.4) is 0 Å². The molecule has 0 bridgehead atoms. The van der Waals surface area contributed by atoms with Crippen LogP contribution in [0.15, 0.2) is 5.38 Å². The van der Waals surface area contributed by atoms with Crippen molar-refractivity contribution < 1.29 is 4.79 Å². The Morgan fingerprint density at radius 2 is 2.46 bits per heavy atom. The first-order valence-corrected chi connectivity index (χ1v) is 4.71. The molecular formula is C7H12N4OS. The molecule has 1 atom stereocenters. The van der Waals surface area contributed by atoms with Gasteiger partial charge in [-0.15, -0.1) is 11.3 Å². The minimum atomic E-state index is -0.273. The van der Waals surface area contributed by atoms with Gasteiger partial charge in [-0.3, -0.25) is 5.32 Å². The number of aromatic nitrogens is 1. The molecule has 0 aliphatic carbocycles. The molecule has 2 amide bonds. The van der Waals surface area contributed by atoms with Crippen LogP contribution in [0.1, 0.15) is 18.7 Å². The predicted molar refractivity (Wildman–Crippen MR) is 52.8 cm³/mol. The number of nitrogens with zero attached hydrogens (tertiary/aromatic N) is 1. The lowest BCUT2D eigenvalue weighted by atomic mass is 10.3. The number of hydrogen-bond donors (Lipinski definition) is 3. The van der Waals surface area contributed by atoms with Crippen LogP contribution in [0, 0.1) is 0 Å². The Morgan fingerprint density at radius 3 is 2.92 bits per heavy atom. The summed E-state index contributed by atoms with van der Waals surface area (Å²) < 4.78 is 0. The highest BCUT2D eigenvalue weighted by atomic mass is 32.1. The van der Waals surface area contributed by atoms with Crippen LogP contribution in [0.2, 0.25) is 0 Å². The van der Waals surface area contributed by atoms with E-state index < -0.39 is 0 Å². The van der Waals surface area contributed by atoms with Gasteiger partial charge < -0.3 is 11.1 Å². The Morgan fingerprint density at radius 1 is 1.77 bits per heavy atom. The van der Waals surface area contributed by atoms with Gasteiger partial charge in [0.25, 0.3) is 0 Å². The molecule has 1 rings (SSSR count). The lowest BCUT2D eigenvalue weighted by Gasteiger charge is -1.99. The van der Waals surface area contributed by atoms with Crippen molar-refractivity contribution in [2.75, 3.05) is 12.4 Å². The standard InChI is InChI=1S/C7H12N4OS/c1-4(8)5-3-13-7(10-5)11-6(12)9-2/h3-4H,8H2,1-2H3,(H2,9,10,11,12). The average Bonchev–Trinajstić information content (AvgIpc) is 2.52. The molecule has 0 aliphatic heterocycles. The summed E-state index contributed by atoms with van der Waals surface area (Å²) in [7, 11) is 1.55. The molecule has 1 unspecified atom stereocenters. The highest BCUT2D eigenvalue weighted by Crippen LogP contribution is 2.18. The molecule has 0 saturated carbocycles. The van der Waals surface area contributed by atoms with E-state index >= 15 is 0 Å². The van der Waals surface area contributed by atoms with Crippen molar-refractivity contribution in [3.8, 4) is 0 Å². The largest absolute Gasteiger partial charge is 0.341 e. The molecule has 0 aromatic carbocycles. The molecule has 1 aromatic heterocycles. The quantitative estimate of drug-likeness (QED) is 0.664. The molecule has 0 saturated heterocycles. The van der Waals surface area contributed by atoms with Crippen molar-refractivity contribution in [3.63, 3.8) is 0 Å². The van der Waals surface area contributed by atoms with Gasteiger partial charge in [0.1, 0.15) is 0 Å². The summed E-state index contributed by atoms with van der Waals surface area (Å²) in [4.78, 5) is 15.0. The summed E-state index contributed by atoms with van der Waals surface area (Å²) >= 11 is 1.36. The van der Waals surface area contributed by atoms with Gasteiger partial charge in [0.05, 0.1) is 5.69 Å². The molecular weight excluding hydrogens is 188 g/mol. The topological polar surface area (TPSA) is 80.0 Å². The number of rotatable bonds is 2. The maximum atomic E-state index is 10.9. The number of hydrogen-bond acceptors (Lipinski definition) is 4. The van der Waals surface area contributed by atoms with E-state index in [4.69, 9.17) is 5.73 Å². The van der Waals surface area contributed by atoms with E-state index in [2.05, 4.69) is 15.6 Å². The summed E-state index contributed by atoms with van der Waals surface area (Å²) in [6.45, 7) is 1.85. The number of nitrogens with two attached hydrogens (primary N) is 1. The molecule has 13 heavy (non-hydrogen) atoms. The third-order valence-corrected chi connectivity index (χ3v) is 2.21. The molecule has 72 valence electrons. The second-order valence-corrected chi connectivity index (χ2v) is 3.43. The Labute approximate surface area is 80.4 Å². The summed E-state index contributed by atoms with van der Waals surface area (Å²) in [5.74, 6) is 0. The number of carbonyl (C=O) groups excluding carboxylic acids is 1. The second-order valence-electron chi connectivity index (χ2n) is 2.57. The highest BCUT2D eigenvalue weighted by molar-refractivity contribution is 7.13. The Kier molecular flexibility index (Phi) is 3.21. The number of thiazole rings is 1. The van der Waals surface area contributed by atoms with Crippen molar-refractivity contribution in [1.82, 2.24) is 10.3 Å². The first kappa shape index (κ1) is 9.94. The monoisotopic (exact) mass is 200 g/mol. The van der Waals surface area contributed by atoms with Crippen molar-refractivity contribution in [3.05, 3.63) is 11.1 Å². The van der Waals surface area contributed by atoms with E-state index in [1.807, 2.05) is 12.3 Å². The minimum Gasteiger partial charge on any atom is -0.341 e. The second kappa shape index (κ2) is 4.20. The Hall–Kier alpha value is -1.14. The lowest BCUT2D eigenvalue weighted by molar-refractivity contribution is 0.254. The molecule has 6 heteroatoms. The molecule has 0 radical (unpaired) electrons. The van der Waals surface area contributed by atoms with Gasteiger partial charge in [0.15, 0.2) is 5.13 Å². The Bertz CT molecular complexity index is 296. The minimum absolute atomic E-state index is 0.100. The summed E-state index contributed by atoms with van der Waals surface area (Å²) in [5, 5.41) is 7.40. The molecule has 4 N–H and O–H groups in total. The third kappa shape index (κ3) is 2.67. The van der Waals surface area contributed by atoms with Crippen LogP contribution in [0.4, 0.5) is 9.93 Å². The van der Waals surface area contributed by atoms with Gasteiger partial charge >= 0.3 is 6.03 Å². The molecule has 0 fully saturated rings. The predicted octanol–water partition coefficient (Wildman–Crippen LogP) is 0.914. The fraction of sp³-hybridized carbons (Fsp3) is 0.429. The molecule has 0 aliphatic rings. The van der Waals surface area contributed by atoms with Gasteiger partial charge in [-0.25, -0.2) is 9.78 Å². The number of nitrogens with one attached hydrogen (secondary N) is 2. The number of anilines is 1. The first-order valence-electron chi connectivity index (χ1n) is 3.83. The number of amides is 2. The fourth-order valence-corrected chi connectivity index (χ4v) is 1.52. The maximum Gasteiger partial charge on any atom is 0.320 e. The van der Waals surface area contributed by atoms with E-state index in [1.54, 1.807) is 7.05 Å². The van der Waals surface area contributed by atoms with Crippen LogP contribution in [0.25, 0.3) is 0 Å². The fourth-order valence-electron chi connectivity index (χ4n) is 0.712. The van der Waals surface area contributed by atoms with Crippen molar-refractivity contribution in [1.29, 1.82) is 0 Å². The Balaban J connectivity index is 2.64. The molecule has 0 spiro atoms. The maximum absolute atomic E-state index is 10.9. The van der Waals surface area contributed by atoms with E-state index in [9.17, 15) is 4.79 Å². The van der Waals surface area contributed by atoms with E-state index in [0.29, 0.717) is 5.13 Å². The molecule has 1 aromatic rings. The van der Waals surface area contributed by atoms with E-state index in [1.165, 1.54) is 11.3 Å². The van der Waals surface area contributed by atoms with Crippen molar-refractivity contribution in [2.24, 2.45) is 5.73 Å². The van der Waals surface area contributed by atoms with Crippen LogP contribution in [-0.4, -0.2) is 18.1 Å². The SMILES string of the molecule is CNC(=O)Nc1nc(C(C)N)cs1. The zero-order valence-electron chi connectivity index (χ0n) is 7.50. The lowest BCUT2D eigenvalue weighted by Crippen LogP contribution is -2.24. The summed E-state index contributed by atoms with van der Waals surface area (Å²) in [6, 6.07) is -0.373. The zero-order valence-corrected chi connectivity index (χ0v) is 8.31. The van der Waals surface area contributed by atoms with E-state index in [0.717, 1.165) is 5.69 Å². The van der Waals surface area contributed by atoms with Crippen LogP contribution in [-0.2, 0) is 0 Å². The van der Waals surface area contributed by atoms with Crippen LogP contribution in [0.5, 0.6) is 0 Å². The molecule has 1 heterocycles. The molecule has 5 nitrogen and oxygen atoms in total. The van der Waals surface area contributed by atoms with Crippen LogP contribution < -0.4 is 16.4 Å². The van der Waals surface area contributed by atoms with Crippen LogP contribution >= 0.6 is 11.3 Å². The summed E-state index contributed by atoms with van der Waals surface area (Å²) in [5.41, 5.74) is 6.39.